The van der Waals surface area contributed by atoms with Gasteiger partial charge in [-0.3, -0.25) is 9.80 Å². The van der Waals surface area contributed by atoms with Gasteiger partial charge in [0, 0.05) is 45.3 Å². The molecule has 29 heavy (non-hydrogen) atoms. The highest BCUT2D eigenvalue weighted by atomic mass is 16.5. The van der Waals surface area contributed by atoms with E-state index in [1.165, 1.54) is 30.6 Å². The maximum absolute atomic E-state index is 5.56. The molecule has 4 rings (SSSR count). The van der Waals surface area contributed by atoms with Crippen LogP contribution in [0.3, 0.4) is 0 Å². The van der Waals surface area contributed by atoms with E-state index in [0.717, 1.165) is 50.8 Å². The summed E-state index contributed by atoms with van der Waals surface area (Å²) in [5.41, 5.74) is 2.56. The first-order chi connectivity index (χ1) is 14.3. The molecule has 1 atom stereocenters. The van der Waals surface area contributed by atoms with Gasteiger partial charge in [0.15, 0.2) is 0 Å². The zero-order chi connectivity index (χ0) is 20.1. The third-order valence-corrected chi connectivity index (χ3v) is 6.28. The first-order valence-corrected chi connectivity index (χ1v) is 10.7. The molecule has 2 aliphatic rings. The van der Waals surface area contributed by atoms with Gasteiger partial charge in [-0.2, -0.15) is 0 Å². The number of para-hydroxylation sites is 2. The van der Waals surface area contributed by atoms with Gasteiger partial charge in [0.1, 0.15) is 11.5 Å². The second kappa shape index (κ2) is 9.51. The quantitative estimate of drug-likeness (QED) is 0.747. The highest BCUT2D eigenvalue weighted by molar-refractivity contribution is 5.58. The van der Waals surface area contributed by atoms with Crippen LogP contribution in [0.25, 0.3) is 0 Å². The van der Waals surface area contributed by atoms with Crippen LogP contribution in [0.15, 0.2) is 48.5 Å². The fourth-order valence-corrected chi connectivity index (χ4v) is 4.72. The molecule has 2 heterocycles. The SMILES string of the molecule is COc1cccc(CN2CCCC(N3CCN(c4ccccc4OC)CC3)C2)c1. The summed E-state index contributed by atoms with van der Waals surface area (Å²) >= 11 is 0. The molecule has 0 aromatic heterocycles. The summed E-state index contributed by atoms with van der Waals surface area (Å²) in [5, 5.41) is 0. The minimum Gasteiger partial charge on any atom is -0.497 e. The summed E-state index contributed by atoms with van der Waals surface area (Å²) in [7, 11) is 3.49. The van der Waals surface area contributed by atoms with Gasteiger partial charge in [-0.15, -0.1) is 0 Å². The van der Waals surface area contributed by atoms with Crippen molar-refractivity contribution in [1.29, 1.82) is 0 Å². The number of piperazine rings is 1. The van der Waals surface area contributed by atoms with Crippen molar-refractivity contribution in [3.8, 4) is 11.5 Å². The number of rotatable bonds is 6. The maximum Gasteiger partial charge on any atom is 0.142 e. The van der Waals surface area contributed by atoms with Gasteiger partial charge in [0.05, 0.1) is 19.9 Å². The Balaban J connectivity index is 1.32. The van der Waals surface area contributed by atoms with Crippen LogP contribution in [0.5, 0.6) is 11.5 Å². The zero-order valence-corrected chi connectivity index (χ0v) is 17.7. The zero-order valence-electron chi connectivity index (χ0n) is 17.7. The van der Waals surface area contributed by atoms with Gasteiger partial charge >= 0.3 is 0 Å². The van der Waals surface area contributed by atoms with Crippen LogP contribution < -0.4 is 14.4 Å². The number of nitrogens with zero attached hydrogens (tertiary/aromatic N) is 3. The van der Waals surface area contributed by atoms with Crippen LogP contribution >= 0.6 is 0 Å². The normalized spacial score (nSPS) is 21.2. The van der Waals surface area contributed by atoms with Crippen molar-refractivity contribution in [1.82, 2.24) is 9.80 Å². The molecular formula is C24H33N3O2. The van der Waals surface area contributed by atoms with Crippen molar-refractivity contribution in [2.45, 2.75) is 25.4 Å². The molecule has 2 saturated heterocycles. The lowest BCUT2D eigenvalue weighted by atomic mass is 10.0. The highest BCUT2D eigenvalue weighted by Crippen LogP contribution is 2.29. The Hall–Kier alpha value is -2.24. The Labute approximate surface area is 174 Å². The van der Waals surface area contributed by atoms with E-state index in [-0.39, 0.29) is 0 Å². The Morgan fingerprint density at radius 2 is 1.72 bits per heavy atom. The average Bonchev–Trinajstić information content (AvgIpc) is 2.79. The molecular weight excluding hydrogens is 362 g/mol. The van der Waals surface area contributed by atoms with Crippen molar-refractivity contribution in [3.05, 3.63) is 54.1 Å². The number of anilines is 1. The Kier molecular flexibility index (Phi) is 6.57. The third-order valence-electron chi connectivity index (χ3n) is 6.28. The Morgan fingerprint density at radius 3 is 2.52 bits per heavy atom. The molecule has 1 unspecified atom stereocenters. The molecule has 2 fully saturated rings. The Bertz CT molecular complexity index is 789. The highest BCUT2D eigenvalue weighted by Gasteiger charge is 2.28. The third kappa shape index (κ3) is 4.85. The molecule has 0 radical (unpaired) electrons. The molecule has 0 spiro atoms. The number of ether oxygens (including phenoxy) is 2. The van der Waals surface area contributed by atoms with E-state index in [4.69, 9.17) is 9.47 Å². The summed E-state index contributed by atoms with van der Waals surface area (Å²) in [6, 6.07) is 17.5. The second-order valence-corrected chi connectivity index (χ2v) is 8.08. The molecule has 0 bridgehead atoms. The fourth-order valence-electron chi connectivity index (χ4n) is 4.72. The lowest BCUT2D eigenvalue weighted by molar-refractivity contribution is 0.0887. The van der Waals surface area contributed by atoms with Gasteiger partial charge in [0.25, 0.3) is 0 Å². The molecule has 0 saturated carbocycles. The minimum absolute atomic E-state index is 0.661. The van der Waals surface area contributed by atoms with Crippen LogP contribution in [0.1, 0.15) is 18.4 Å². The molecule has 2 aromatic carbocycles. The molecule has 0 amide bonds. The second-order valence-electron chi connectivity index (χ2n) is 8.08. The summed E-state index contributed by atoms with van der Waals surface area (Å²) in [5.74, 6) is 1.92. The van der Waals surface area contributed by atoms with Gasteiger partial charge in [-0.05, 0) is 49.2 Å². The van der Waals surface area contributed by atoms with E-state index in [1.807, 2.05) is 12.1 Å². The fraction of sp³-hybridized carbons (Fsp3) is 0.500. The van der Waals surface area contributed by atoms with E-state index in [1.54, 1.807) is 14.2 Å². The van der Waals surface area contributed by atoms with Crippen molar-refractivity contribution >= 4 is 5.69 Å². The standard InChI is InChI=1S/C24H33N3O2/c1-28-22-9-5-7-20(17-22)18-25-12-6-8-21(19-25)26-13-15-27(16-14-26)23-10-3-4-11-24(23)29-2/h3-5,7,9-11,17,21H,6,8,12-16,18-19H2,1-2H3. The van der Waals surface area contributed by atoms with Gasteiger partial charge < -0.3 is 14.4 Å². The van der Waals surface area contributed by atoms with E-state index >= 15 is 0 Å². The van der Waals surface area contributed by atoms with Crippen LogP contribution in [0, 0.1) is 0 Å². The van der Waals surface area contributed by atoms with Crippen molar-refractivity contribution < 1.29 is 9.47 Å². The van der Waals surface area contributed by atoms with Crippen molar-refractivity contribution in [2.75, 3.05) is 58.4 Å². The van der Waals surface area contributed by atoms with E-state index < -0.39 is 0 Å². The predicted molar refractivity (Wildman–Crippen MR) is 118 cm³/mol. The average molecular weight is 396 g/mol. The first kappa shape index (κ1) is 20.0. The predicted octanol–water partition coefficient (Wildman–Crippen LogP) is 3.49. The number of piperidine rings is 1. The summed E-state index contributed by atoms with van der Waals surface area (Å²) in [6.07, 6.45) is 2.59. The van der Waals surface area contributed by atoms with Crippen LogP contribution in [-0.4, -0.2) is 69.3 Å². The molecule has 5 nitrogen and oxygen atoms in total. The number of likely N-dealkylation sites (tertiary alicyclic amines) is 1. The van der Waals surface area contributed by atoms with E-state index in [2.05, 4.69) is 51.1 Å². The number of hydrogen-bond acceptors (Lipinski definition) is 5. The van der Waals surface area contributed by atoms with Crippen LogP contribution in [0.4, 0.5) is 5.69 Å². The molecule has 2 aromatic rings. The van der Waals surface area contributed by atoms with Crippen molar-refractivity contribution in [2.24, 2.45) is 0 Å². The summed E-state index contributed by atoms with van der Waals surface area (Å²) < 4.78 is 10.9. The Morgan fingerprint density at radius 1 is 0.897 bits per heavy atom. The first-order valence-electron chi connectivity index (χ1n) is 10.7. The van der Waals surface area contributed by atoms with Gasteiger partial charge in [0.2, 0.25) is 0 Å². The lowest BCUT2D eigenvalue weighted by Gasteiger charge is -2.44. The minimum atomic E-state index is 0.661. The summed E-state index contributed by atoms with van der Waals surface area (Å²) in [4.78, 5) is 7.77. The monoisotopic (exact) mass is 395 g/mol. The van der Waals surface area contributed by atoms with Gasteiger partial charge in [-0.25, -0.2) is 0 Å². The van der Waals surface area contributed by atoms with Gasteiger partial charge in [-0.1, -0.05) is 24.3 Å². The maximum atomic E-state index is 5.56. The lowest BCUT2D eigenvalue weighted by Crippen LogP contribution is -2.55. The number of benzene rings is 2. The van der Waals surface area contributed by atoms with Crippen molar-refractivity contribution in [3.63, 3.8) is 0 Å². The van der Waals surface area contributed by atoms with Crippen LogP contribution in [0.2, 0.25) is 0 Å². The molecule has 2 aliphatic heterocycles. The molecule has 0 aliphatic carbocycles. The van der Waals surface area contributed by atoms with E-state index in [9.17, 15) is 0 Å². The largest absolute Gasteiger partial charge is 0.497 e. The topological polar surface area (TPSA) is 28.2 Å². The number of methoxy groups -OCH3 is 2. The smallest absolute Gasteiger partial charge is 0.142 e. The molecule has 156 valence electrons. The summed E-state index contributed by atoms with van der Waals surface area (Å²) in [6.45, 7) is 7.72. The van der Waals surface area contributed by atoms with E-state index in [0.29, 0.717) is 6.04 Å². The molecule has 0 N–H and O–H groups in total. The molecule has 5 heteroatoms. The van der Waals surface area contributed by atoms with Crippen LogP contribution in [-0.2, 0) is 6.54 Å². The number of hydrogen-bond donors (Lipinski definition) is 0.